The molecule has 1 amide bonds. The smallest absolute Gasteiger partial charge is 0.277 e. The Morgan fingerprint density at radius 3 is 2.68 bits per heavy atom. The van der Waals surface area contributed by atoms with Crippen LogP contribution in [-0.2, 0) is 21.5 Å². The Morgan fingerprint density at radius 1 is 1.26 bits per heavy atom. The van der Waals surface area contributed by atoms with Crippen molar-refractivity contribution in [2.75, 3.05) is 6.54 Å². The van der Waals surface area contributed by atoms with E-state index in [1.54, 1.807) is 0 Å². The quantitative estimate of drug-likeness (QED) is 0.704. The van der Waals surface area contributed by atoms with Gasteiger partial charge in [0.25, 0.3) is 10.2 Å². The van der Waals surface area contributed by atoms with Crippen LogP contribution < -0.4 is 14.8 Å². The topological polar surface area (TPSA) is 87.3 Å². The predicted molar refractivity (Wildman–Crippen MR) is 71.4 cm³/mol. The molecule has 2 rings (SSSR count). The molecular weight excluding hydrogens is 266 g/mol. The molecule has 3 N–H and O–H groups in total. The molecule has 0 spiro atoms. The molecule has 1 heterocycles. The molecule has 6 nitrogen and oxygen atoms in total. The number of rotatable bonds is 5. The molecule has 0 aliphatic carbocycles. The fraction of sp³-hybridized carbons (Fsp3) is 0.417. The van der Waals surface area contributed by atoms with Gasteiger partial charge in [-0.05, 0) is 18.4 Å². The van der Waals surface area contributed by atoms with Crippen LogP contribution in [0.25, 0.3) is 0 Å². The average Bonchev–Trinajstić information content (AvgIpc) is 2.40. The molecule has 0 bridgehead atoms. The van der Waals surface area contributed by atoms with Gasteiger partial charge in [-0.2, -0.15) is 17.9 Å². The first-order chi connectivity index (χ1) is 9.07. The number of carbonyl (C=O) groups excluding carboxylic acids is 1. The zero-order valence-corrected chi connectivity index (χ0v) is 11.2. The van der Waals surface area contributed by atoms with Gasteiger partial charge in [-0.25, -0.2) is 0 Å². The van der Waals surface area contributed by atoms with Gasteiger partial charge in [0.05, 0.1) is 0 Å². The van der Waals surface area contributed by atoms with Gasteiger partial charge in [-0.3, -0.25) is 4.79 Å². The van der Waals surface area contributed by atoms with Crippen LogP contribution >= 0.6 is 0 Å². The number of piperidine rings is 1. The number of amides is 1. The zero-order valence-electron chi connectivity index (χ0n) is 10.4. The third kappa shape index (κ3) is 4.30. The maximum atomic E-state index is 11.8. The minimum Gasteiger partial charge on any atom is -0.355 e. The predicted octanol–water partition coefficient (Wildman–Crippen LogP) is -0.111. The maximum absolute atomic E-state index is 11.8. The summed E-state index contributed by atoms with van der Waals surface area (Å²) in [5.41, 5.74) is 0.862. The third-order valence-corrected chi connectivity index (χ3v) is 4.01. The Kier molecular flexibility index (Phi) is 4.52. The summed E-state index contributed by atoms with van der Waals surface area (Å²) in [5, 5.41) is 2.63. The highest BCUT2D eigenvalue weighted by atomic mass is 32.2. The van der Waals surface area contributed by atoms with Crippen molar-refractivity contribution in [2.24, 2.45) is 0 Å². The molecular formula is C12H17N3O3S. The highest BCUT2D eigenvalue weighted by Crippen LogP contribution is 2.04. The first-order valence-electron chi connectivity index (χ1n) is 6.15. The Labute approximate surface area is 112 Å². The summed E-state index contributed by atoms with van der Waals surface area (Å²) in [4.78, 5) is 11.5. The van der Waals surface area contributed by atoms with Crippen molar-refractivity contribution in [2.45, 2.75) is 25.4 Å². The number of hydrogen-bond donors (Lipinski definition) is 3. The lowest BCUT2D eigenvalue weighted by Gasteiger charge is -2.22. The van der Waals surface area contributed by atoms with Gasteiger partial charge < -0.3 is 5.32 Å². The van der Waals surface area contributed by atoms with E-state index in [-0.39, 0.29) is 12.5 Å². The minimum atomic E-state index is -3.67. The molecule has 1 aromatic rings. The van der Waals surface area contributed by atoms with E-state index in [0.29, 0.717) is 13.0 Å². The molecule has 1 saturated heterocycles. The van der Waals surface area contributed by atoms with E-state index < -0.39 is 16.3 Å². The molecule has 1 atom stereocenters. The molecule has 104 valence electrons. The van der Waals surface area contributed by atoms with Crippen LogP contribution in [0.3, 0.4) is 0 Å². The van der Waals surface area contributed by atoms with Crippen molar-refractivity contribution in [3.05, 3.63) is 35.9 Å². The summed E-state index contributed by atoms with van der Waals surface area (Å²) >= 11 is 0. The summed E-state index contributed by atoms with van der Waals surface area (Å²) in [6.45, 7) is 0.805. The van der Waals surface area contributed by atoms with Crippen LogP contribution in [0.1, 0.15) is 18.4 Å². The maximum Gasteiger partial charge on any atom is 0.277 e. The highest BCUT2D eigenvalue weighted by Gasteiger charge is 2.26. The second kappa shape index (κ2) is 6.14. The summed E-state index contributed by atoms with van der Waals surface area (Å²) < 4.78 is 28.4. The lowest BCUT2D eigenvalue weighted by atomic mass is 10.1. The van der Waals surface area contributed by atoms with Gasteiger partial charge in [-0.1, -0.05) is 30.3 Å². The lowest BCUT2D eigenvalue weighted by molar-refractivity contribution is -0.124. The van der Waals surface area contributed by atoms with E-state index >= 15 is 0 Å². The molecule has 1 fully saturated rings. The molecule has 1 aliphatic rings. The number of nitrogens with one attached hydrogen (secondary N) is 3. The Balaban J connectivity index is 1.90. The number of benzene rings is 1. The largest absolute Gasteiger partial charge is 0.355 e. The lowest BCUT2D eigenvalue weighted by Crippen LogP contribution is -2.52. The van der Waals surface area contributed by atoms with E-state index in [2.05, 4.69) is 14.8 Å². The first-order valence-corrected chi connectivity index (χ1v) is 7.64. The summed E-state index contributed by atoms with van der Waals surface area (Å²) in [7, 11) is -3.67. The molecule has 0 radical (unpaired) electrons. The van der Waals surface area contributed by atoms with Crippen molar-refractivity contribution in [1.29, 1.82) is 0 Å². The normalized spacial score (nSPS) is 20.0. The monoisotopic (exact) mass is 283 g/mol. The summed E-state index contributed by atoms with van der Waals surface area (Å²) in [6, 6.07) is 8.52. The standard InChI is InChI=1S/C12H17N3O3S/c16-12-11(7-4-8-13-12)15-19(17,18)14-9-10-5-2-1-3-6-10/h1-3,5-6,11,14-15H,4,7-9H2,(H,13,16)/t11-/m0/s1. The molecule has 19 heavy (non-hydrogen) atoms. The molecule has 7 heteroatoms. The number of hydrogen-bond acceptors (Lipinski definition) is 3. The molecule has 1 aliphatic heterocycles. The minimum absolute atomic E-state index is 0.199. The zero-order chi connectivity index (χ0) is 13.7. The molecule has 0 aromatic heterocycles. The fourth-order valence-electron chi connectivity index (χ4n) is 1.89. The van der Waals surface area contributed by atoms with Crippen molar-refractivity contribution in [3.8, 4) is 0 Å². The van der Waals surface area contributed by atoms with Gasteiger partial charge in [-0.15, -0.1) is 0 Å². The van der Waals surface area contributed by atoms with Gasteiger partial charge in [0, 0.05) is 13.1 Å². The average molecular weight is 283 g/mol. The molecule has 0 unspecified atom stereocenters. The van der Waals surface area contributed by atoms with Crippen molar-refractivity contribution in [3.63, 3.8) is 0 Å². The fourth-order valence-corrected chi connectivity index (χ4v) is 2.93. The summed E-state index contributed by atoms with van der Waals surface area (Å²) in [5.74, 6) is -0.267. The summed E-state index contributed by atoms with van der Waals surface area (Å²) in [6.07, 6.45) is 1.30. The molecule has 1 aromatic carbocycles. The van der Waals surface area contributed by atoms with Crippen molar-refractivity contribution >= 4 is 16.1 Å². The second-order valence-electron chi connectivity index (χ2n) is 4.41. The van der Waals surface area contributed by atoms with E-state index in [1.165, 1.54) is 0 Å². The van der Waals surface area contributed by atoms with Crippen molar-refractivity contribution in [1.82, 2.24) is 14.8 Å². The molecule has 0 saturated carbocycles. The van der Waals surface area contributed by atoms with Crippen LogP contribution in [0.2, 0.25) is 0 Å². The second-order valence-corrected chi connectivity index (χ2v) is 5.95. The number of carbonyl (C=O) groups is 1. The van der Waals surface area contributed by atoms with E-state index in [4.69, 9.17) is 0 Å². The van der Waals surface area contributed by atoms with Crippen LogP contribution in [-0.4, -0.2) is 26.9 Å². The van der Waals surface area contributed by atoms with Gasteiger partial charge >= 0.3 is 0 Å². The van der Waals surface area contributed by atoms with Gasteiger partial charge in [0.15, 0.2) is 0 Å². The van der Waals surface area contributed by atoms with Gasteiger partial charge in [0.2, 0.25) is 5.91 Å². The van der Waals surface area contributed by atoms with Crippen LogP contribution in [0.15, 0.2) is 30.3 Å². The van der Waals surface area contributed by atoms with Crippen LogP contribution in [0.5, 0.6) is 0 Å². The highest BCUT2D eigenvalue weighted by molar-refractivity contribution is 7.87. The Hall–Kier alpha value is -1.44. The Bertz CT molecular complexity index is 530. The SMILES string of the molecule is O=C1NCCC[C@@H]1NS(=O)(=O)NCc1ccccc1. The third-order valence-electron chi connectivity index (χ3n) is 2.89. The van der Waals surface area contributed by atoms with Crippen LogP contribution in [0, 0.1) is 0 Å². The Morgan fingerprint density at radius 2 is 2.00 bits per heavy atom. The first kappa shape index (κ1) is 14.0. The van der Waals surface area contributed by atoms with E-state index in [9.17, 15) is 13.2 Å². The van der Waals surface area contributed by atoms with Crippen molar-refractivity contribution < 1.29 is 13.2 Å². The van der Waals surface area contributed by atoms with Crippen LogP contribution in [0.4, 0.5) is 0 Å². The van der Waals surface area contributed by atoms with Gasteiger partial charge in [0.1, 0.15) is 6.04 Å². The van der Waals surface area contributed by atoms with E-state index in [1.807, 2.05) is 30.3 Å². The van der Waals surface area contributed by atoms with E-state index in [0.717, 1.165) is 12.0 Å².